The van der Waals surface area contributed by atoms with Crippen molar-refractivity contribution in [1.29, 1.82) is 0 Å². The van der Waals surface area contributed by atoms with Gasteiger partial charge in [0.05, 0.1) is 12.8 Å². The zero-order chi connectivity index (χ0) is 13.5. The minimum Gasteiger partial charge on any atom is -0.652 e. The van der Waals surface area contributed by atoms with Gasteiger partial charge in [0.15, 0.2) is 0 Å². The van der Waals surface area contributed by atoms with Gasteiger partial charge in [0.2, 0.25) is 0 Å². The van der Waals surface area contributed by atoms with Crippen LogP contribution in [0.3, 0.4) is 0 Å². The number of carbonyl (C=O) groups is 1. The van der Waals surface area contributed by atoms with E-state index in [4.69, 9.17) is 19.7 Å². The van der Waals surface area contributed by atoms with Crippen LogP contribution in [0.25, 0.3) is 5.69 Å². The largest absolute Gasteiger partial charge is 1.00 e. The number of nitrogens with zero attached hydrogens (tertiary/aromatic N) is 3. The first kappa shape index (κ1) is 24.3. The Morgan fingerprint density at radius 3 is 2.15 bits per heavy atom. The molecule has 0 radical (unpaired) electrons. The van der Waals surface area contributed by atoms with Crippen molar-refractivity contribution in [2.45, 2.75) is 0 Å². The molecule has 0 aliphatic rings. The normalized spacial score (nSPS) is 8.30. The first-order chi connectivity index (χ1) is 8.52. The fourth-order valence-electron chi connectivity index (χ4n) is 1.04. The molecule has 0 N–H and O–H groups in total. The van der Waals surface area contributed by atoms with Crippen molar-refractivity contribution in [1.82, 2.24) is 15.0 Å². The van der Waals surface area contributed by atoms with Crippen molar-refractivity contribution in [3.63, 3.8) is 0 Å². The zero-order valence-corrected chi connectivity index (χ0v) is 25.4. The van der Waals surface area contributed by atoms with E-state index >= 15 is 0 Å². The minimum absolute atomic E-state index is 0. The topological polar surface area (TPSA) is 103 Å². The second kappa shape index (κ2) is 13.5. The van der Waals surface area contributed by atoms with Crippen LogP contribution in [0.1, 0.15) is 0 Å². The Balaban J connectivity index is 0. The van der Waals surface area contributed by atoms with Crippen molar-refractivity contribution >= 4 is 22.1 Å². The van der Waals surface area contributed by atoms with E-state index in [1.54, 1.807) is 13.3 Å². The van der Waals surface area contributed by atoms with Gasteiger partial charge < -0.3 is 19.7 Å². The number of ether oxygens (including phenoxy) is 1. The average Bonchev–Trinajstić information content (AvgIpc) is 2.78. The fourth-order valence-corrected chi connectivity index (χ4v) is 1.31. The maximum atomic E-state index is 8.33. The summed E-state index contributed by atoms with van der Waals surface area (Å²) in [6.07, 6.45) is -0.762. The average molecular weight is 580 g/mol. The molecule has 1 aromatic heterocycles. The maximum Gasteiger partial charge on any atom is 1.00 e. The number of rotatable bonds is 2. The minimum atomic E-state index is -2.33. The van der Waals surface area contributed by atoms with Gasteiger partial charge in [-0.15, -0.1) is 9.90 Å². The monoisotopic (exact) mass is 579 g/mol. The van der Waals surface area contributed by atoms with Crippen molar-refractivity contribution in [3.8, 4) is 11.6 Å². The maximum absolute atomic E-state index is 8.33. The van der Waals surface area contributed by atoms with Crippen LogP contribution in [-0.4, -0.2) is 28.3 Å². The number of hydrogen-bond acceptors (Lipinski definition) is 6. The Morgan fingerprint density at radius 2 is 1.75 bits per heavy atom. The quantitative estimate of drug-likeness (QED) is 0.351. The molecule has 1 heterocycles. The first-order valence-electron chi connectivity index (χ1n) is 4.63. The van der Waals surface area contributed by atoms with Crippen molar-refractivity contribution in [2.75, 3.05) is 7.11 Å². The van der Waals surface area contributed by atoms with E-state index in [0.29, 0.717) is 5.88 Å². The van der Waals surface area contributed by atoms with Gasteiger partial charge in [0.25, 0.3) is 5.88 Å². The third-order valence-electron chi connectivity index (χ3n) is 1.74. The van der Waals surface area contributed by atoms with Crippen LogP contribution in [0.15, 0.2) is 34.9 Å². The summed E-state index contributed by atoms with van der Waals surface area (Å²) in [5.41, 5.74) is 0.900. The van der Waals surface area contributed by atoms with Crippen LogP contribution in [0.5, 0.6) is 5.88 Å². The molecule has 1 aromatic carbocycles. The Kier molecular flexibility index (Phi) is 16.3. The van der Waals surface area contributed by atoms with E-state index < -0.39 is 6.16 Å². The summed E-state index contributed by atoms with van der Waals surface area (Å²) in [6, 6.07) is 7.71. The molecule has 0 fully saturated rings. The second-order valence-electron chi connectivity index (χ2n) is 2.90. The molecule has 0 aliphatic carbocycles. The van der Waals surface area contributed by atoms with Crippen LogP contribution < -0.4 is 153 Å². The molecule has 96 valence electrons. The van der Waals surface area contributed by atoms with E-state index in [0.717, 1.165) is 10.2 Å². The molecule has 0 atom stereocenters. The molecular weight excluding hydrogens is 572 g/mol. The fraction of sp³-hybridized carbons (Fsp3) is 0.100. The van der Waals surface area contributed by atoms with Crippen LogP contribution in [0, 0.1) is 0 Å². The number of carbonyl (C=O) groups excluding carboxylic acids is 1. The molecule has 0 saturated heterocycles. The molecule has 0 unspecified atom stereocenters. The predicted molar refractivity (Wildman–Crippen MR) is 61.0 cm³/mol. The van der Waals surface area contributed by atoms with Crippen molar-refractivity contribution < 1.29 is 158 Å². The Morgan fingerprint density at radius 1 is 1.25 bits per heavy atom. The SMILES string of the molecule is COc1cnn(-c2ccc(Br)cc2)n1.O=C([O-])[O-].[Cs+].[Cs+]. The van der Waals surface area contributed by atoms with Gasteiger partial charge in [-0.3, -0.25) is 0 Å². The van der Waals surface area contributed by atoms with E-state index in [1.807, 2.05) is 24.3 Å². The van der Waals surface area contributed by atoms with Crippen LogP contribution >= 0.6 is 15.9 Å². The van der Waals surface area contributed by atoms with E-state index in [9.17, 15) is 0 Å². The Bertz CT molecular complexity index is 517. The van der Waals surface area contributed by atoms with Gasteiger partial charge in [-0.1, -0.05) is 15.9 Å². The van der Waals surface area contributed by atoms with Crippen LogP contribution in [0.2, 0.25) is 0 Å². The van der Waals surface area contributed by atoms with Gasteiger partial charge in [-0.25, -0.2) is 0 Å². The Hall–Kier alpha value is 2.01. The molecule has 2 rings (SSSR count). The molecule has 10 heteroatoms. The van der Waals surface area contributed by atoms with E-state index in [-0.39, 0.29) is 138 Å². The van der Waals surface area contributed by atoms with Gasteiger partial charge >= 0.3 is 138 Å². The van der Waals surface area contributed by atoms with Gasteiger partial charge in [0, 0.05) is 4.47 Å². The van der Waals surface area contributed by atoms with Crippen molar-refractivity contribution in [3.05, 3.63) is 34.9 Å². The number of benzene rings is 1. The third-order valence-corrected chi connectivity index (χ3v) is 2.27. The summed E-state index contributed by atoms with van der Waals surface area (Å²) in [7, 11) is 1.57. The number of aromatic nitrogens is 3. The molecule has 0 bridgehead atoms. The van der Waals surface area contributed by atoms with Crippen LogP contribution in [-0.2, 0) is 0 Å². The summed E-state index contributed by atoms with van der Waals surface area (Å²) in [5.74, 6) is 0.507. The first-order valence-corrected chi connectivity index (χ1v) is 5.42. The molecule has 0 saturated carbocycles. The van der Waals surface area contributed by atoms with Gasteiger partial charge in [-0.05, 0) is 30.4 Å². The molecule has 0 spiro atoms. The zero-order valence-electron chi connectivity index (χ0n) is 11.2. The van der Waals surface area contributed by atoms with Gasteiger partial charge in [-0.2, -0.15) is 5.10 Å². The summed E-state index contributed by atoms with van der Waals surface area (Å²) >= 11 is 3.36. The number of halogens is 1. The summed E-state index contributed by atoms with van der Waals surface area (Å²) in [4.78, 5) is 9.85. The molecule has 0 aliphatic heterocycles. The second-order valence-corrected chi connectivity index (χ2v) is 3.82. The molecular formula is C10H8BrCs2N3O4. The smallest absolute Gasteiger partial charge is 0.652 e. The number of hydrogen-bond donors (Lipinski definition) is 0. The molecule has 0 amide bonds. The summed E-state index contributed by atoms with van der Waals surface area (Å²) in [6.45, 7) is 0. The predicted octanol–water partition coefficient (Wildman–Crippen LogP) is -6.40. The number of carboxylic acid groups (broad SMARTS) is 2. The molecule has 2 aromatic rings. The van der Waals surface area contributed by atoms with E-state index in [2.05, 4.69) is 26.1 Å². The summed E-state index contributed by atoms with van der Waals surface area (Å²) < 4.78 is 5.96. The van der Waals surface area contributed by atoms with Crippen molar-refractivity contribution in [2.24, 2.45) is 0 Å². The summed E-state index contributed by atoms with van der Waals surface area (Å²) in [5, 5.41) is 24.8. The standard InChI is InChI=1S/C9H8BrN3O.CH2O3.2Cs/c1-14-9-6-11-13(12-9)8-4-2-7(10)3-5-8;2-1(3)4;;/h2-6H,1H3;(H2,2,3,4);;/q;;2*+1/p-2. The van der Waals surface area contributed by atoms with E-state index in [1.165, 1.54) is 4.80 Å². The van der Waals surface area contributed by atoms with Crippen LogP contribution in [0.4, 0.5) is 4.79 Å². The molecule has 20 heavy (non-hydrogen) atoms. The Labute approximate surface area is 241 Å². The molecule has 7 nitrogen and oxygen atoms in total. The van der Waals surface area contributed by atoms with Gasteiger partial charge in [0.1, 0.15) is 6.20 Å². The number of methoxy groups -OCH3 is 1. The third kappa shape index (κ3) is 9.92.